The van der Waals surface area contributed by atoms with Crippen LogP contribution in [0.4, 0.5) is 0 Å². The van der Waals surface area contributed by atoms with Crippen molar-refractivity contribution in [2.24, 2.45) is 0 Å². The summed E-state index contributed by atoms with van der Waals surface area (Å²) in [5.74, 6) is 1.06. The molecule has 12 heavy (non-hydrogen) atoms. The van der Waals surface area contributed by atoms with Gasteiger partial charge >= 0.3 is 8.60 Å². The fourth-order valence-corrected chi connectivity index (χ4v) is 2.29. The van der Waals surface area contributed by atoms with Gasteiger partial charge < -0.3 is 13.6 Å². The van der Waals surface area contributed by atoms with Crippen LogP contribution in [0, 0.1) is 0 Å². The first kappa shape index (κ1) is 8.49. The molecule has 2 rings (SSSR count). The minimum Gasteiger partial charge on any atom is -0.432 e. The molecule has 2 aliphatic rings. The quantitative estimate of drug-likeness (QED) is 0.623. The summed E-state index contributed by atoms with van der Waals surface area (Å²) in [6.07, 6.45) is 6.85. The first-order valence-corrected chi connectivity index (χ1v) is 5.48. The smallest absolute Gasteiger partial charge is 0.397 e. The molecule has 3 nitrogen and oxygen atoms in total. The van der Waals surface area contributed by atoms with E-state index in [0.29, 0.717) is 13.2 Å². The van der Waals surface area contributed by atoms with Crippen LogP contribution in [0.2, 0.25) is 0 Å². The molecule has 0 aromatic rings. The van der Waals surface area contributed by atoms with Crippen LogP contribution in [0.15, 0.2) is 11.8 Å². The molecule has 1 heterocycles. The maximum atomic E-state index is 5.53. The molecule has 0 atom stereocenters. The number of rotatable bonds is 2. The van der Waals surface area contributed by atoms with Crippen molar-refractivity contribution < 1.29 is 13.6 Å². The summed E-state index contributed by atoms with van der Waals surface area (Å²) in [5.41, 5.74) is 0. The molecule has 0 aromatic carbocycles. The molecule has 0 bridgehead atoms. The molecule has 1 fully saturated rings. The van der Waals surface area contributed by atoms with Crippen molar-refractivity contribution in [2.75, 3.05) is 13.2 Å². The van der Waals surface area contributed by atoms with Crippen LogP contribution in [0.1, 0.15) is 25.7 Å². The van der Waals surface area contributed by atoms with Crippen molar-refractivity contribution in [1.82, 2.24) is 0 Å². The minimum atomic E-state index is -1.04. The highest BCUT2D eigenvalue weighted by molar-refractivity contribution is 7.42. The van der Waals surface area contributed by atoms with Gasteiger partial charge in [-0.2, -0.15) is 0 Å². The van der Waals surface area contributed by atoms with Crippen molar-refractivity contribution in [3.8, 4) is 0 Å². The van der Waals surface area contributed by atoms with E-state index in [2.05, 4.69) is 6.08 Å². The number of allylic oxidation sites excluding steroid dienone is 2. The Morgan fingerprint density at radius 2 is 2.08 bits per heavy atom. The summed E-state index contributed by atoms with van der Waals surface area (Å²) in [6, 6.07) is 0. The first-order valence-electron chi connectivity index (χ1n) is 4.38. The number of hydrogen-bond donors (Lipinski definition) is 0. The van der Waals surface area contributed by atoms with Crippen LogP contribution in [0.25, 0.3) is 0 Å². The van der Waals surface area contributed by atoms with Gasteiger partial charge in [0.25, 0.3) is 0 Å². The van der Waals surface area contributed by atoms with Crippen LogP contribution in [-0.2, 0) is 13.6 Å². The van der Waals surface area contributed by atoms with E-state index in [1.807, 2.05) is 0 Å². The molecule has 0 amide bonds. The van der Waals surface area contributed by atoms with Gasteiger partial charge in [-0.3, -0.25) is 0 Å². The second-order valence-electron chi connectivity index (χ2n) is 2.90. The molecule has 4 heteroatoms. The Bertz CT molecular complexity index is 175. The summed E-state index contributed by atoms with van der Waals surface area (Å²) in [4.78, 5) is 0. The molecule has 0 radical (unpaired) electrons. The lowest BCUT2D eigenvalue weighted by atomic mass is 10.1. The third-order valence-corrected chi connectivity index (χ3v) is 3.09. The van der Waals surface area contributed by atoms with Crippen LogP contribution >= 0.6 is 8.60 Å². The topological polar surface area (TPSA) is 27.7 Å². The largest absolute Gasteiger partial charge is 0.432 e. The van der Waals surface area contributed by atoms with Crippen LogP contribution in [0.3, 0.4) is 0 Å². The van der Waals surface area contributed by atoms with Gasteiger partial charge in [-0.25, -0.2) is 0 Å². The average molecular weight is 188 g/mol. The van der Waals surface area contributed by atoms with Gasteiger partial charge in [-0.05, 0) is 25.3 Å². The first-order chi connectivity index (χ1) is 5.95. The lowest BCUT2D eigenvalue weighted by Crippen LogP contribution is -1.94. The summed E-state index contributed by atoms with van der Waals surface area (Å²) < 4.78 is 16.0. The van der Waals surface area contributed by atoms with E-state index in [9.17, 15) is 0 Å². The van der Waals surface area contributed by atoms with E-state index in [1.165, 1.54) is 12.8 Å². The van der Waals surface area contributed by atoms with E-state index >= 15 is 0 Å². The maximum absolute atomic E-state index is 5.53. The molecule has 1 aliphatic heterocycles. The maximum Gasteiger partial charge on any atom is 0.397 e. The SMILES string of the molecule is C1=C(OP2OCCO2)CCCC1. The van der Waals surface area contributed by atoms with E-state index in [1.54, 1.807) is 0 Å². The van der Waals surface area contributed by atoms with Crippen molar-refractivity contribution in [3.05, 3.63) is 11.8 Å². The molecule has 1 saturated heterocycles. The monoisotopic (exact) mass is 188 g/mol. The fraction of sp³-hybridized carbons (Fsp3) is 0.750. The van der Waals surface area contributed by atoms with E-state index < -0.39 is 8.60 Å². The standard InChI is InChI=1S/C8H13O3P/c1-2-4-8(5-3-1)11-12-9-6-7-10-12/h4H,1-3,5-7H2. The third kappa shape index (κ3) is 2.19. The Labute approximate surface area is 73.7 Å². The lowest BCUT2D eigenvalue weighted by molar-refractivity contribution is 0.290. The van der Waals surface area contributed by atoms with Gasteiger partial charge in [-0.1, -0.05) is 0 Å². The molecule has 0 unspecified atom stereocenters. The van der Waals surface area contributed by atoms with Crippen molar-refractivity contribution >= 4 is 8.60 Å². The zero-order valence-corrected chi connectivity index (χ0v) is 7.89. The molecular weight excluding hydrogens is 175 g/mol. The van der Waals surface area contributed by atoms with Gasteiger partial charge in [-0.15, -0.1) is 0 Å². The molecule has 0 saturated carbocycles. The molecule has 0 N–H and O–H groups in total. The summed E-state index contributed by atoms with van der Waals surface area (Å²) in [6.45, 7) is 1.36. The van der Waals surface area contributed by atoms with Gasteiger partial charge in [0.15, 0.2) is 0 Å². The Morgan fingerprint density at radius 3 is 2.75 bits per heavy atom. The number of hydrogen-bond acceptors (Lipinski definition) is 3. The van der Waals surface area contributed by atoms with Crippen LogP contribution < -0.4 is 0 Å². The van der Waals surface area contributed by atoms with E-state index in [-0.39, 0.29) is 0 Å². The highest BCUT2D eigenvalue weighted by Gasteiger charge is 2.21. The van der Waals surface area contributed by atoms with E-state index in [4.69, 9.17) is 13.6 Å². The normalized spacial score (nSPS) is 25.5. The average Bonchev–Trinajstić information content (AvgIpc) is 2.59. The van der Waals surface area contributed by atoms with E-state index in [0.717, 1.165) is 18.6 Å². The molecule has 68 valence electrons. The third-order valence-electron chi connectivity index (χ3n) is 1.92. The highest BCUT2D eigenvalue weighted by atomic mass is 31.2. The van der Waals surface area contributed by atoms with Crippen molar-refractivity contribution in [2.45, 2.75) is 25.7 Å². The molecule has 0 spiro atoms. The predicted molar refractivity (Wildman–Crippen MR) is 46.5 cm³/mol. The van der Waals surface area contributed by atoms with Crippen LogP contribution in [-0.4, -0.2) is 13.2 Å². The van der Waals surface area contributed by atoms with Gasteiger partial charge in [0.2, 0.25) is 0 Å². The summed E-state index contributed by atoms with van der Waals surface area (Å²) in [5, 5.41) is 0. The second kappa shape index (κ2) is 4.22. The molecule has 1 aliphatic carbocycles. The van der Waals surface area contributed by atoms with Gasteiger partial charge in [0, 0.05) is 6.42 Å². The predicted octanol–water partition coefficient (Wildman–Crippen LogP) is 2.73. The van der Waals surface area contributed by atoms with Gasteiger partial charge in [0.1, 0.15) is 5.76 Å². The Hall–Kier alpha value is -0.110. The van der Waals surface area contributed by atoms with Crippen molar-refractivity contribution in [1.29, 1.82) is 0 Å². The Balaban J connectivity index is 1.80. The summed E-state index contributed by atoms with van der Waals surface area (Å²) >= 11 is 0. The molecular formula is C8H13O3P. The molecule has 0 aromatic heterocycles. The van der Waals surface area contributed by atoms with Crippen LogP contribution in [0.5, 0.6) is 0 Å². The van der Waals surface area contributed by atoms with Gasteiger partial charge in [0.05, 0.1) is 13.2 Å². The lowest BCUT2D eigenvalue weighted by Gasteiger charge is -2.15. The Kier molecular flexibility index (Phi) is 2.98. The zero-order chi connectivity index (χ0) is 8.23. The Morgan fingerprint density at radius 1 is 1.25 bits per heavy atom. The fourth-order valence-electron chi connectivity index (χ4n) is 1.30. The second-order valence-corrected chi connectivity index (χ2v) is 4.04. The summed E-state index contributed by atoms with van der Waals surface area (Å²) in [7, 11) is -1.04. The highest BCUT2D eigenvalue weighted by Crippen LogP contribution is 2.46. The van der Waals surface area contributed by atoms with Crippen molar-refractivity contribution in [3.63, 3.8) is 0 Å². The minimum absolute atomic E-state index is 0.680. The zero-order valence-electron chi connectivity index (χ0n) is 6.99.